The normalized spacial score (nSPS) is 15.5. The lowest BCUT2D eigenvalue weighted by Crippen LogP contribution is -2.46. The molecule has 0 bridgehead atoms. The Hall–Kier alpha value is -0.710. The number of amides is 1. The van der Waals surface area contributed by atoms with E-state index in [1.807, 2.05) is 29.2 Å². The minimum absolute atomic E-state index is 0.271. The van der Waals surface area contributed by atoms with Crippen molar-refractivity contribution in [2.24, 2.45) is 0 Å². The lowest BCUT2D eigenvalue weighted by molar-refractivity contribution is -0.131. The Morgan fingerprint density at radius 3 is 2.79 bits per heavy atom. The van der Waals surface area contributed by atoms with Crippen LogP contribution in [0.1, 0.15) is 12.0 Å². The first kappa shape index (κ1) is 14.7. The minimum Gasteiger partial charge on any atom is -0.340 e. The van der Waals surface area contributed by atoms with E-state index in [4.69, 9.17) is 11.6 Å². The molecule has 19 heavy (non-hydrogen) atoms. The fourth-order valence-electron chi connectivity index (χ4n) is 2.03. The van der Waals surface area contributed by atoms with Gasteiger partial charge in [0.25, 0.3) is 0 Å². The van der Waals surface area contributed by atoms with Gasteiger partial charge in [-0.2, -0.15) is 11.8 Å². The molecule has 1 fully saturated rings. The highest BCUT2D eigenvalue weighted by Gasteiger charge is 2.15. The second-order valence-corrected chi connectivity index (χ2v) is 6.04. The fraction of sp³-hybridized carbons (Fsp3) is 0.500. The molecule has 104 valence electrons. The van der Waals surface area contributed by atoms with Crippen molar-refractivity contribution in [2.45, 2.75) is 12.2 Å². The van der Waals surface area contributed by atoms with Crippen LogP contribution in [0.5, 0.6) is 0 Å². The Morgan fingerprint density at radius 2 is 2.05 bits per heavy atom. The summed E-state index contributed by atoms with van der Waals surface area (Å²) in [4.78, 5) is 13.9. The number of nitrogens with one attached hydrogen (secondary N) is 1. The maximum Gasteiger partial charge on any atom is 0.223 e. The van der Waals surface area contributed by atoms with E-state index in [2.05, 4.69) is 5.32 Å². The zero-order chi connectivity index (χ0) is 13.5. The molecule has 1 aromatic rings. The highest BCUT2D eigenvalue weighted by molar-refractivity contribution is 7.98. The highest BCUT2D eigenvalue weighted by atomic mass is 35.5. The molecule has 1 aliphatic heterocycles. The van der Waals surface area contributed by atoms with Crippen LogP contribution in [0.4, 0.5) is 0 Å². The van der Waals surface area contributed by atoms with Gasteiger partial charge in [-0.25, -0.2) is 0 Å². The summed E-state index contributed by atoms with van der Waals surface area (Å²) in [7, 11) is 0. The topological polar surface area (TPSA) is 32.3 Å². The van der Waals surface area contributed by atoms with Crippen LogP contribution < -0.4 is 5.32 Å². The van der Waals surface area contributed by atoms with Gasteiger partial charge in [0, 0.05) is 49.1 Å². The molecule has 5 heteroatoms. The van der Waals surface area contributed by atoms with Crippen molar-refractivity contribution in [1.82, 2.24) is 10.2 Å². The molecule has 1 saturated heterocycles. The average Bonchev–Trinajstić information content (AvgIpc) is 2.46. The number of halogens is 1. The number of nitrogens with zero attached hydrogens (tertiary/aromatic N) is 1. The van der Waals surface area contributed by atoms with Crippen LogP contribution in [0.15, 0.2) is 24.3 Å². The number of piperazine rings is 1. The van der Waals surface area contributed by atoms with E-state index in [0.717, 1.165) is 48.3 Å². The molecular formula is C14H19ClN2OS. The Bertz CT molecular complexity index is 422. The lowest BCUT2D eigenvalue weighted by Gasteiger charge is -2.27. The summed E-state index contributed by atoms with van der Waals surface area (Å²) in [5, 5.41) is 4.06. The van der Waals surface area contributed by atoms with Gasteiger partial charge in [0.2, 0.25) is 5.91 Å². The van der Waals surface area contributed by atoms with Gasteiger partial charge < -0.3 is 10.2 Å². The van der Waals surface area contributed by atoms with Gasteiger partial charge in [-0.05, 0) is 11.6 Å². The van der Waals surface area contributed by atoms with E-state index in [9.17, 15) is 4.79 Å². The average molecular weight is 299 g/mol. The monoisotopic (exact) mass is 298 g/mol. The third-order valence-corrected chi connectivity index (χ3v) is 4.52. The van der Waals surface area contributed by atoms with Crippen molar-refractivity contribution in [3.63, 3.8) is 0 Å². The van der Waals surface area contributed by atoms with E-state index < -0.39 is 0 Å². The second-order valence-electron chi connectivity index (χ2n) is 4.52. The molecular weight excluding hydrogens is 280 g/mol. The number of benzene rings is 1. The summed E-state index contributed by atoms with van der Waals surface area (Å²) < 4.78 is 0. The molecule has 0 spiro atoms. The Kier molecular flexibility index (Phi) is 6.01. The van der Waals surface area contributed by atoms with Crippen molar-refractivity contribution < 1.29 is 4.79 Å². The Balaban J connectivity index is 1.66. The van der Waals surface area contributed by atoms with Crippen LogP contribution in [-0.4, -0.2) is 42.7 Å². The molecule has 3 nitrogen and oxygen atoms in total. The summed E-state index contributed by atoms with van der Waals surface area (Å²) in [6.45, 7) is 3.51. The summed E-state index contributed by atoms with van der Waals surface area (Å²) in [6, 6.07) is 7.87. The molecule has 1 aliphatic rings. The maximum absolute atomic E-state index is 11.9. The third-order valence-electron chi connectivity index (χ3n) is 3.15. The van der Waals surface area contributed by atoms with Crippen LogP contribution in [0, 0.1) is 0 Å². The van der Waals surface area contributed by atoms with Crippen LogP contribution in [-0.2, 0) is 10.5 Å². The zero-order valence-electron chi connectivity index (χ0n) is 10.9. The van der Waals surface area contributed by atoms with Crippen molar-refractivity contribution in [1.29, 1.82) is 0 Å². The van der Waals surface area contributed by atoms with Gasteiger partial charge >= 0.3 is 0 Å². The predicted molar refractivity (Wildman–Crippen MR) is 81.7 cm³/mol. The van der Waals surface area contributed by atoms with Gasteiger partial charge in [0.05, 0.1) is 0 Å². The van der Waals surface area contributed by atoms with Gasteiger partial charge in [-0.3, -0.25) is 4.79 Å². The van der Waals surface area contributed by atoms with E-state index in [1.165, 1.54) is 0 Å². The summed E-state index contributed by atoms with van der Waals surface area (Å²) >= 11 is 7.86. The molecule has 1 N–H and O–H groups in total. The standard InChI is InChI=1S/C14H19ClN2OS/c15-13-4-2-1-3-12(13)11-19-10-5-14(18)17-8-6-16-7-9-17/h1-4,16H,5-11H2. The van der Waals surface area contributed by atoms with Crippen molar-refractivity contribution >= 4 is 29.3 Å². The van der Waals surface area contributed by atoms with E-state index in [0.29, 0.717) is 6.42 Å². The number of hydrogen-bond acceptors (Lipinski definition) is 3. The molecule has 1 aromatic carbocycles. The summed E-state index contributed by atoms with van der Waals surface area (Å²) in [5.41, 5.74) is 1.14. The Morgan fingerprint density at radius 1 is 1.32 bits per heavy atom. The highest BCUT2D eigenvalue weighted by Crippen LogP contribution is 2.21. The molecule has 2 rings (SSSR count). The molecule has 0 atom stereocenters. The van der Waals surface area contributed by atoms with Crippen molar-refractivity contribution in [3.05, 3.63) is 34.9 Å². The number of carbonyl (C=O) groups excluding carboxylic acids is 1. The van der Waals surface area contributed by atoms with Crippen LogP contribution in [0.25, 0.3) is 0 Å². The molecule has 0 unspecified atom stereocenters. The quantitative estimate of drug-likeness (QED) is 0.847. The van der Waals surface area contributed by atoms with Gasteiger partial charge in [0.1, 0.15) is 0 Å². The molecule has 1 heterocycles. The van der Waals surface area contributed by atoms with E-state index >= 15 is 0 Å². The second kappa shape index (κ2) is 7.78. The number of hydrogen-bond donors (Lipinski definition) is 1. The molecule has 0 aromatic heterocycles. The fourth-order valence-corrected chi connectivity index (χ4v) is 3.25. The molecule has 0 aliphatic carbocycles. The lowest BCUT2D eigenvalue weighted by atomic mass is 10.2. The molecule has 0 saturated carbocycles. The zero-order valence-corrected chi connectivity index (χ0v) is 12.5. The molecule has 0 radical (unpaired) electrons. The van der Waals surface area contributed by atoms with Gasteiger partial charge in [0.15, 0.2) is 0 Å². The van der Waals surface area contributed by atoms with E-state index in [1.54, 1.807) is 11.8 Å². The third kappa shape index (κ3) is 4.71. The van der Waals surface area contributed by atoms with Crippen molar-refractivity contribution in [3.8, 4) is 0 Å². The Labute approximate surface area is 123 Å². The minimum atomic E-state index is 0.271. The number of carbonyl (C=O) groups is 1. The predicted octanol–water partition coefficient (Wildman–Crippen LogP) is 2.40. The van der Waals surface area contributed by atoms with E-state index in [-0.39, 0.29) is 5.91 Å². The smallest absolute Gasteiger partial charge is 0.223 e. The van der Waals surface area contributed by atoms with Crippen LogP contribution in [0.3, 0.4) is 0 Å². The first-order chi connectivity index (χ1) is 9.27. The number of rotatable bonds is 5. The first-order valence-corrected chi connectivity index (χ1v) is 8.10. The SMILES string of the molecule is O=C(CCSCc1ccccc1Cl)N1CCNCC1. The number of thioether (sulfide) groups is 1. The first-order valence-electron chi connectivity index (χ1n) is 6.57. The van der Waals surface area contributed by atoms with Gasteiger partial charge in [-0.15, -0.1) is 0 Å². The van der Waals surface area contributed by atoms with Crippen molar-refractivity contribution in [2.75, 3.05) is 31.9 Å². The van der Waals surface area contributed by atoms with Crippen LogP contribution >= 0.6 is 23.4 Å². The van der Waals surface area contributed by atoms with Crippen LogP contribution in [0.2, 0.25) is 5.02 Å². The summed E-state index contributed by atoms with van der Waals surface area (Å²) in [5.74, 6) is 2.00. The maximum atomic E-state index is 11.9. The molecule has 1 amide bonds. The summed E-state index contributed by atoms with van der Waals surface area (Å²) in [6.07, 6.45) is 0.620. The van der Waals surface area contributed by atoms with Gasteiger partial charge in [-0.1, -0.05) is 29.8 Å². The largest absolute Gasteiger partial charge is 0.340 e.